The summed E-state index contributed by atoms with van der Waals surface area (Å²) in [6.07, 6.45) is 2.08. The van der Waals surface area contributed by atoms with Crippen molar-refractivity contribution in [3.05, 3.63) is 24.3 Å². The number of hydrogen-bond acceptors (Lipinski definition) is 3. The van der Waals surface area contributed by atoms with Gasteiger partial charge in [0, 0.05) is 13.1 Å². The van der Waals surface area contributed by atoms with Crippen molar-refractivity contribution >= 4 is 17.5 Å². The van der Waals surface area contributed by atoms with Gasteiger partial charge in [0.1, 0.15) is 12.3 Å². The predicted molar refractivity (Wildman–Crippen MR) is 79.3 cm³/mol. The van der Waals surface area contributed by atoms with Crippen LogP contribution in [-0.4, -0.2) is 43.0 Å². The van der Waals surface area contributed by atoms with E-state index < -0.39 is 0 Å². The number of nitrogens with zero attached hydrogens (tertiary/aromatic N) is 2. The lowest BCUT2D eigenvalue weighted by Crippen LogP contribution is -2.48. The van der Waals surface area contributed by atoms with Gasteiger partial charge in [-0.2, -0.15) is 0 Å². The maximum atomic E-state index is 12.4. The van der Waals surface area contributed by atoms with Crippen molar-refractivity contribution in [2.45, 2.75) is 19.8 Å². The van der Waals surface area contributed by atoms with Crippen molar-refractivity contribution in [1.29, 1.82) is 0 Å². The van der Waals surface area contributed by atoms with Gasteiger partial charge in [0.2, 0.25) is 5.91 Å². The zero-order valence-electron chi connectivity index (χ0n) is 12.2. The highest BCUT2D eigenvalue weighted by atomic mass is 16.5. The first-order valence-electron chi connectivity index (χ1n) is 7.45. The van der Waals surface area contributed by atoms with Crippen LogP contribution in [-0.2, 0) is 9.59 Å². The molecule has 0 saturated carbocycles. The van der Waals surface area contributed by atoms with E-state index in [1.54, 1.807) is 4.90 Å². The van der Waals surface area contributed by atoms with Gasteiger partial charge >= 0.3 is 0 Å². The lowest BCUT2D eigenvalue weighted by atomic mass is 9.99. The fourth-order valence-electron chi connectivity index (χ4n) is 2.82. The Kier molecular flexibility index (Phi) is 3.82. The third-order valence-corrected chi connectivity index (χ3v) is 4.24. The largest absolute Gasteiger partial charge is 0.482 e. The zero-order valence-corrected chi connectivity index (χ0v) is 12.2. The Hall–Kier alpha value is -2.04. The molecule has 0 aliphatic carbocycles. The van der Waals surface area contributed by atoms with E-state index in [1.165, 1.54) is 0 Å². The van der Waals surface area contributed by atoms with Gasteiger partial charge in [-0.3, -0.25) is 14.5 Å². The summed E-state index contributed by atoms with van der Waals surface area (Å²) in [5.74, 6) is 1.20. The van der Waals surface area contributed by atoms with Crippen LogP contribution in [0.15, 0.2) is 24.3 Å². The first-order valence-corrected chi connectivity index (χ1v) is 7.45. The van der Waals surface area contributed by atoms with Gasteiger partial charge in [0.15, 0.2) is 6.61 Å². The number of ether oxygens (including phenoxy) is 1. The molecule has 112 valence electrons. The van der Waals surface area contributed by atoms with Crippen LogP contribution >= 0.6 is 0 Å². The van der Waals surface area contributed by atoms with Gasteiger partial charge in [0.05, 0.1) is 5.69 Å². The fraction of sp³-hybridized carbons (Fsp3) is 0.500. The van der Waals surface area contributed by atoms with Gasteiger partial charge < -0.3 is 9.64 Å². The molecule has 3 rings (SSSR count). The summed E-state index contributed by atoms with van der Waals surface area (Å²) in [4.78, 5) is 27.9. The molecule has 0 spiro atoms. The highest BCUT2D eigenvalue weighted by Gasteiger charge is 2.29. The summed E-state index contributed by atoms with van der Waals surface area (Å²) in [5, 5.41) is 0. The molecule has 1 aromatic carbocycles. The molecular weight excluding hydrogens is 268 g/mol. The topological polar surface area (TPSA) is 49.9 Å². The number of piperidine rings is 1. The second-order valence-corrected chi connectivity index (χ2v) is 5.80. The average molecular weight is 288 g/mol. The smallest absolute Gasteiger partial charge is 0.265 e. The highest BCUT2D eigenvalue weighted by Crippen LogP contribution is 2.31. The number of rotatable bonds is 2. The minimum atomic E-state index is -0.160. The maximum Gasteiger partial charge on any atom is 0.265 e. The standard InChI is InChI=1S/C16H20N2O3/c1-12-6-8-17(9-7-12)15(19)10-18-13-4-2-3-5-14(13)21-11-16(18)20/h2-5,12H,6-11H2,1H3. The molecule has 0 bridgehead atoms. The van der Waals surface area contributed by atoms with E-state index in [2.05, 4.69) is 6.92 Å². The summed E-state index contributed by atoms with van der Waals surface area (Å²) in [7, 11) is 0. The molecular formula is C16H20N2O3. The van der Waals surface area contributed by atoms with E-state index in [-0.39, 0.29) is 25.0 Å². The summed E-state index contributed by atoms with van der Waals surface area (Å²) < 4.78 is 5.39. The molecule has 2 aliphatic rings. The van der Waals surface area contributed by atoms with Crippen LogP contribution in [0.5, 0.6) is 5.75 Å². The third-order valence-electron chi connectivity index (χ3n) is 4.24. The van der Waals surface area contributed by atoms with Gasteiger partial charge in [-0.1, -0.05) is 19.1 Å². The van der Waals surface area contributed by atoms with Crippen LogP contribution in [0.1, 0.15) is 19.8 Å². The summed E-state index contributed by atoms with van der Waals surface area (Å²) in [6.45, 7) is 3.90. The monoisotopic (exact) mass is 288 g/mol. The van der Waals surface area contributed by atoms with Gasteiger partial charge in [0.25, 0.3) is 5.91 Å². The number of fused-ring (bicyclic) bond motifs is 1. The Balaban J connectivity index is 1.72. The second-order valence-electron chi connectivity index (χ2n) is 5.80. The number of para-hydroxylation sites is 2. The minimum Gasteiger partial charge on any atom is -0.482 e. The van der Waals surface area contributed by atoms with Gasteiger partial charge in [-0.25, -0.2) is 0 Å². The maximum absolute atomic E-state index is 12.4. The fourth-order valence-corrected chi connectivity index (χ4v) is 2.82. The van der Waals surface area contributed by atoms with E-state index >= 15 is 0 Å². The van der Waals surface area contributed by atoms with Crippen molar-refractivity contribution in [2.75, 3.05) is 31.1 Å². The molecule has 2 aliphatic heterocycles. The number of anilines is 1. The molecule has 0 aromatic heterocycles. The van der Waals surface area contributed by atoms with Crippen molar-refractivity contribution in [3.8, 4) is 5.75 Å². The molecule has 21 heavy (non-hydrogen) atoms. The number of benzene rings is 1. The number of hydrogen-bond donors (Lipinski definition) is 0. The van der Waals surface area contributed by atoms with Crippen LogP contribution < -0.4 is 9.64 Å². The SMILES string of the molecule is CC1CCN(C(=O)CN2C(=O)COc3ccccc32)CC1. The van der Waals surface area contributed by atoms with Gasteiger partial charge in [-0.05, 0) is 30.9 Å². The molecule has 0 N–H and O–H groups in total. The Bertz CT molecular complexity index is 550. The number of carbonyl (C=O) groups is 2. The van der Waals surface area contributed by atoms with E-state index in [0.717, 1.165) is 25.9 Å². The molecule has 5 nitrogen and oxygen atoms in total. The second kappa shape index (κ2) is 5.76. The summed E-state index contributed by atoms with van der Waals surface area (Å²) in [5.41, 5.74) is 0.687. The molecule has 0 unspecified atom stereocenters. The number of amides is 2. The number of carbonyl (C=O) groups excluding carboxylic acids is 2. The lowest BCUT2D eigenvalue weighted by molar-refractivity contribution is -0.133. The van der Waals surface area contributed by atoms with Crippen LogP contribution in [0.3, 0.4) is 0 Å². The molecule has 1 saturated heterocycles. The van der Waals surface area contributed by atoms with Crippen molar-refractivity contribution in [3.63, 3.8) is 0 Å². The van der Waals surface area contributed by atoms with Crippen LogP contribution in [0.25, 0.3) is 0 Å². The Morgan fingerprint density at radius 3 is 2.76 bits per heavy atom. The first kappa shape index (κ1) is 13.9. The normalized spacial score (nSPS) is 19.2. The Morgan fingerprint density at radius 2 is 2.00 bits per heavy atom. The quantitative estimate of drug-likeness (QED) is 0.832. The Morgan fingerprint density at radius 1 is 1.29 bits per heavy atom. The molecule has 0 radical (unpaired) electrons. The molecule has 0 atom stereocenters. The van der Waals surface area contributed by atoms with E-state index in [9.17, 15) is 9.59 Å². The summed E-state index contributed by atoms with van der Waals surface area (Å²) >= 11 is 0. The molecule has 5 heteroatoms. The Labute approximate surface area is 124 Å². The van der Waals surface area contributed by atoms with Crippen LogP contribution in [0.4, 0.5) is 5.69 Å². The molecule has 1 aromatic rings. The highest BCUT2D eigenvalue weighted by molar-refractivity contribution is 6.02. The van der Waals surface area contributed by atoms with E-state index in [0.29, 0.717) is 17.4 Å². The third kappa shape index (κ3) is 2.86. The van der Waals surface area contributed by atoms with E-state index in [1.807, 2.05) is 29.2 Å². The van der Waals surface area contributed by atoms with Crippen molar-refractivity contribution < 1.29 is 14.3 Å². The lowest BCUT2D eigenvalue weighted by Gasteiger charge is -2.34. The van der Waals surface area contributed by atoms with Crippen molar-refractivity contribution in [2.24, 2.45) is 5.92 Å². The van der Waals surface area contributed by atoms with Crippen LogP contribution in [0, 0.1) is 5.92 Å². The predicted octanol–water partition coefficient (Wildman–Crippen LogP) is 1.67. The molecule has 2 amide bonds. The minimum absolute atomic E-state index is 0.00132. The number of likely N-dealkylation sites (tertiary alicyclic amines) is 1. The summed E-state index contributed by atoms with van der Waals surface area (Å²) in [6, 6.07) is 7.35. The molecule has 1 fully saturated rings. The average Bonchev–Trinajstić information content (AvgIpc) is 2.51. The van der Waals surface area contributed by atoms with E-state index in [4.69, 9.17) is 4.74 Å². The van der Waals surface area contributed by atoms with Gasteiger partial charge in [-0.15, -0.1) is 0 Å². The zero-order chi connectivity index (χ0) is 14.8. The molecule has 2 heterocycles. The van der Waals surface area contributed by atoms with Crippen molar-refractivity contribution in [1.82, 2.24) is 4.90 Å². The first-order chi connectivity index (χ1) is 10.1. The van der Waals surface area contributed by atoms with Crippen LogP contribution in [0.2, 0.25) is 0 Å².